The third-order valence-corrected chi connectivity index (χ3v) is 6.13. The maximum atomic E-state index is 13.0. The van der Waals surface area contributed by atoms with Crippen LogP contribution in [-0.4, -0.2) is 54.1 Å². The molecular formula is C22H33F3N4OS. The molecule has 1 heterocycles. The van der Waals surface area contributed by atoms with Gasteiger partial charge in [-0.15, -0.1) is 0 Å². The first kappa shape index (κ1) is 25.5. The van der Waals surface area contributed by atoms with E-state index in [0.29, 0.717) is 19.1 Å². The Labute approximate surface area is 187 Å². The van der Waals surface area contributed by atoms with E-state index in [1.807, 2.05) is 0 Å². The molecule has 0 bridgehead atoms. The number of carbonyl (C=O) groups excluding carboxylic acids is 1. The van der Waals surface area contributed by atoms with E-state index in [9.17, 15) is 18.0 Å². The number of rotatable bonds is 10. The van der Waals surface area contributed by atoms with Crippen LogP contribution in [0.1, 0.15) is 45.1 Å². The first-order valence-corrected chi connectivity index (χ1v) is 11.6. The van der Waals surface area contributed by atoms with E-state index in [1.165, 1.54) is 24.1 Å². The number of nitrogens with one attached hydrogen (secondary N) is 2. The zero-order chi connectivity index (χ0) is 22.9. The average Bonchev–Trinajstić information content (AvgIpc) is 2.73. The number of anilines is 1. The molecule has 2 amide bonds. The average molecular weight is 459 g/mol. The normalized spacial score (nSPS) is 16.7. The summed E-state index contributed by atoms with van der Waals surface area (Å²) in [5.41, 5.74) is -0.633. The molecule has 2 rings (SSSR count). The van der Waals surface area contributed by atoms with E-state index >= 15 is 0 Å². The van der Waals surface area contributed by atoms with E-state index in [4.69, 9.17) is 0 Å². The minimum absolute atomic E-state index is 0.0476. The highest BCUT2D eigenvalue weighted by Crippen LogP contribution is 2.31. The van der Waals surface area contributed by atoms with Gasteiger partial charge < -0.3 is 15.1 Å². The van der Waals surface area contributed by atoms with Crippen molar-refractivity contribution in [2.24, 2.45) is 0 Å². The molecule has 1 aliphatic heterocycles. The van der Waals surface area contributed by atoms with Gasteiger partial charge in [0.25, 0.3) is 0 Å². The number of hydrogen-bond donors (Lipinski definition) is 2. The van der Waals surface area contributed by atoms with Crippen molar-refractivity contribution in [1.29, 1.82) is 0 Å². The van der Waals surface area contributed by atoms with E-state index < -0.39 is 11.7 Å². The van der Waals surface area contributed by atoms with Gasteiger partial charge in [-0.2, -0.15) is 13.2 Å². The standard InChI is InChI=1S/C22H33F3N4OS/c1-4-7-17(3)28-13-10-20(11-14-28)29(15-12-26-31-5-2)21(30)27-19-9-6-8-18(16-19)22(23,24)25/h5-6,8-9,16-17,20,26H,2,4,7,10-15H2,1,3H3,(H,27,30). The lowest BCUT2D eigenvalue weighted by Crippen LogP contribution is -2.51. The monoisotopic (exact) mass is 458 g/mol. The molecule has 1 aromatic rings. The number of halogens is 3. The first-order valence-electron chi connectivity index (χ1n) is 10.7. The molecule has 31 heavy (non-hydrogen) atoms. The predicted molar refractivity (Wildman–Crippen MR) is 122 cm³/mol. The molecule has 0 aliphatic carbocycles. The van der Waals surface area contributed by atoms with Crippen LogP contribution in [-0.2, 0) is 6.18 Å². The molecule has 1 saturated heterocycles. The summed E-state index contributed by atoms with van der Waals surface area (Å²) in [6.07, 6.45) is -0.474. The molecule has 1 unspecified atom stereocenters. The van der Waals surface area contributed by atoms with Crippen molar-refractivity contribution in [1.82, 2.24) is 14.5 Å². The van der Waals surface area contributed by atoms with E-state index in [-0.39, 0.29) is 17.8 Å². The summed E-state index contributed by atoms with van der Waals surface area (Å²) >= 11 is 1.35. The molecule has 174 valence electrons. The fourth-order valence-electron chi connectivity index (χ4n) is 3.94. The highest BCUT2D eigenvalue weighted by molar-refractivity contribution is 8.00. The summed E-state index contributed by atoms with van der Waals surface area (Å²) in [7, 11) is 0. The lowest BCUT2D eigenvalue weighted by molar-refractivity contribution is -0.137. The molecular weight excluding hydrogens is 425 g/mol. The van der Waals surface area contributed by atoms with E-state index in [1.54, 1.807) is 10.3 Å². The predicted octanol–water partition coefficient (Wildman–Crippen LogP) is 5.57. The summed E-state index contributed by atoms with van der Waals surface area (Å²) in [6.45, 7) is 10.9. The number of piperidine rings is 1. The van der Waals surface area contributed by atoms with Crippen LogP contribution in [0, 0.1) is 0 Å². The fourth-order valence-corrected chi connectivity index (χ4v) is 4.27. The minimum atomic E-state index is -4.45. The quantitative estimate of drug-likeness (QED) is 0.355. The Kier molecular flexibility index (Phi) is 10.2. The molecule has 1 fully saturated rings. The van der Waals surface area contributed by atoms with Crippen LogP contribution in [0.25, 0.3) is 0 Å². The van der Waals surface area contributed by atoms with Crippen molar-refractivity contribution in [2.45, 2.75) is 57.8 Å². The zero-order valence-corrected chi connectivity index (χ0v) is 19.1. The van der Waals surface area contributed by atoms with Gasteiger partial charge >= 0.3 is 12.2 Å². The molecule has 0 aromatic heterocycles. The van der Waals surface area contributed by atoms with Crippen LogP contribution in [0.3, 0.4) is 0 Å². The molecule has 1 atom stereocenters. The van der Waals surface area contributed by atoms with Crippen molar-refractivity contribution < 1.29 is 18.0 Å². The van der Waals surface area contributed by atoms with E-state index in [2.05, 4.69) is 35.4 Å². The summed E-state index contributed by atoms with van der Waals surface area (Å²) in [6, 6.07) is 4.94. The molecule has 0 saturated carbocycles. The van der Waals surface area contributed by atoms with Gasteiger partial charge in [-0.3, -0.25) is 4.72 Å². The van der Waals surface area contributed by atoms with Gasteiger partial charge in [0, 0.05) is 44.0 Å². The number of amides is 2. The van der Waals surface area contributed by atoms with Gasteiger partial charge in [0.1, 0.15) is 0 Å². The summed E-state index contributed by atoms with van der Waals surface area (Å²) in [5, 5.41) is 4.33. The van der Waals surface area contributed by atoms with Crippen LogP contribution in [0.4, 0.5) is 23.7 Å². The molecule has 2 N–H and O–H groups in total. The van der Waals surface area contributed by atoms with Gasteiger partial charge in [-0.05, 0) is 49.8 Å². The zero-order valence-electron chi connectivity index (χ0n) is 18.3. The molecule has 0 spiro atoms. The van der Waals surface area contributed by atoms with Gasteiger partial charge in [-0.1, -0.05) is 37.9 Å². The molecule has 0 radical (unpaired) electrons. The topological polar surface area (TPSA) is 47.6 Å². The van der Waals surface area contributed by atoms with Gasteiger partial charge in [0.05, 0.1) is 5.56 Å². The van der Waals surface area contributed by atoms with Crippen molar-refractivity contribution >= 4 is 23.7 Å². The van der Waals surface area contributed by atoms with Crippen LogP contribution < -0.4 is 10.0 Å². The Hall–Kier alpha value is -1.71. The number of hydrogen-bond acceptors (Lipinski definition) is 4. The third-order valence-electron chi connectivity index (χ3n) is 5.59. The van der Waals surface area contributed by atoms with Crippen LogP contribution in [0.2, 0.25) is 0 Å². The molecule has 5 nitrogen and oxygen atoms in total. The lowest BCUT2D eigenvalue weighted by Gasteiger charge is -2.40. The Morgan fingerprint density at radius 3 is 2.71 bits per heavy atom. The van der Waals surface area contributed by atoms with E-state index in [0.717, 1.165) is 50.9 Å². The minimum Gasteiger partial charge on any atom is -0.320 e. The Morgan fingerprint density at radius 1 is 1.39 bits per heavy atom. The van der Waals surface area contributed by atoms with Gasteiger partial charge in [-0.25, -0.2) is 4.79 Å². The van der Waals surface area contributed by atoms with Crippen LogP contribution in [0.15, 0.2) is 36.3 Å². The van der Waals surface area contributed by atoms with Crippen molar-refractivity contribution in [3.63, 3.8) is 0 Å². The lowest BCUT2D eigenvalue weighted by atomic mass is 10.0. The fraction of sp³-hybridized carbons (Fsp3) is 0.591. The summed E-state index contributed by atoms with van der Waals surface area (Å²) < 4.78 is 42.1. The van der Waals surface area contributed by atoms with Crippen LogP contribution in [0.5, 0.6) is 0 Å². The number of carbonyl (C=O) groups is 1. The van der Waals surface area contributed by atoms with Gasteiger partial charge in [0.2, 0.25) is 0 Å². The second kappa shape index (κ2) is 12.4. The number of likely N-dealkylation sites (tertiary alicyclic amines) is 1. The highest BCUT2D eigenvalue weighted by atomic mass is 32.2. The van der Waals surface area contributed by atoms with Gasteiger partial charge in [0.15, 0.2) is 0 Å². The molecule has 1 aromatic carbocycles. The SMILES string of the molecule is C=CSNCCN(C(=O)Nc1cccc(C(F)(F)F)c1)C1CCN(C(C)CCC)CC1. The number of alkyl halides is 3. The summed E-state index contributed by atoms with van der Waals surface area (Å²) in [5.74, 6) is 0. The number of benzene rings is 1. The maximum Gasteiger partial charge on any atom is 0.416 e. The third kappa shape index (κ3) is 8.05. The van der Waals surface area contributed by atoms with Crippen molar-refractivity contribution in [3.8, 4) is 0 Å². The maximum absolute atomic E-state index is 13.0. The second-order valence-electron chi connectivity index (χ2n) is 7.79. The Bertz CT molecular complexity index is 708. The summed E-state index contributed by atoms with van der Waals surface area (Å²) in [4.78, 5) is 17.2. The first-order chi connectivity index (χ1) is 14.8. The molecule has 9 heteroatoms. The van der Waals surface area contributed by atoms with Crippen molar-refractivity contribution in [3.05, 3.63) is 41.8 Å². The molecule has 1 aliphatic rings. The number of nitrogens with zero attached hydrogens (tertiary/aromatic N) is 2. The smallest absolute Gasteiger partial charge is 0.320 e. The Morgan fingerprint density at radius 2 is 2.10 bits per heavy atom. The largest absolute Gasteiger partial charge is 0.416 e. The van der Waals surface area contributed by atoms with Crippen molar-refractivity contribution in [2.75, 3.05) is 31.5 Å². The Balaban J connectivity index is 2.05. The van der Waals surface area contributed by atoms with Crippen LogP contribution >= 0.6 is 11.9 Å². The second-order valence-corrected chi connectivity index (χ2v) is 8.64. The highest BCUT2D eigenvalue weighted by Gasteiger charge is 2.32. The number of urea groups is 1.